The number of aliphatic carboxylic acids is 2. The van der Waals surface area contributed by atoms with Crippen LogP contribution in [0, 0.1) is 0 Å². The predicted molar refractivity (Wildman–Crippen MR) is 64.0 cm³/mol. The molecule has 1 aromatic rings. The normalized spacial score (nSPS) is 11.1. The largest absolute Gasteiger partial charge is 0.481 e. The lowest BCUT2D eigenvalue weighted by atomic mass is 9.99. The van der Waals surface area contributed by atoms with Crippen LogP contribution in [-0.4, -0.2) is 22.2 Å². The Hall–Kier alpha value is -2.24. The second kappa shape index (κ2) is 6.63. The van der Waals surface area contributed by atoms with Crippen LogP contribution >= 0.6 is 0 Å². The average molecular weight is 270 g/mol. The molecule has 0 fully saturated rings. The van der Waals surface area contributed by atoms with Crippen LogP contribution in [0.3, 0.4) is 0 Å². The van der Waals surface area contributed by atoms with E-state index in [2.05, 4.69) is 0 Å². The highest BCUT2D eigenvalue weighted by Crippen LogP contribution is 2.23. The number of carboxylic acids is 2. The Bertz CT molecular complexity index is 509. The van der Waals surface area contributed by atoms with Gasteiger partial charge in [0.25, 0.3) is 6.43 Å². The van der Waals surface area contributed by atoms with E-state index in [4.69, 9.17) is 10.2 Å². The first-order chi connectivity index (χ1) is 8.90. The second-order valence-electron chi connectivity index (χ2n) is 3.82. The first kappa shape index (κ1) is 14.8. The van der Waals surface area contributed by atoms with Gasteiger partial charge in [-0.25, -0.2) is 13.6 Å². The Labute approximate surface area is 108 Å². The van der Waals surface area contributed by atoms with Gasteiger partial charge in [0.05, 0.1) is 0 Å². The van der Waals surface area contributed by atoms with Gasteiger partial charge in [0.15, 0.2) is 0 Å². The molecule has 0 saturated heterocycles. The Morgan fingerprint density at radius 3 is 2.47 bits per heavy atom. The van der Waals surface area contributed by atoms with Gasteiger partial charge in [-0.15, -0.1) is 0 Å². The maximum absolute atomic E-state index is 12.6. The number of alkyl halides is 2. The molecule has 0 aliphatic rings. The van der Waals surface area contributed by atoms with Gasteiger partial charge in [0, 0.05) is 18.1 Å². The molecule has 0 saturated carbocycles. The van der Waals surface area contributed by atoms with Crippen LogP contribution in [0.1, 0.15) is 29.5 Å². The first-order valence-corrected chi connectivity index (χ1v) is 5.44. The average Bonchev–Trinajstić information content (AvgIpc) is 2.33. The lowest BCUT2D eigenvalue weighted by molar-refractivity contribution is -0.137. The fourth-order valence-corrected chi connectivity index (χ4v) is 1.54. The van der Waals surface area contributed by atoms with Crippen molar-refractivity contribution in [3.8, 4) is 0 Å². The van der Waals surface area contributed by atoms with E-state index in [-0.39, 0.29) is 18.4 Å². The lowest BCUT2D eigenvalue weighted by Gasteiger charge is -2.08. The van der Waals surface area contributed by atoms with E-state index in [0.717, 1.165) is 6.08 Å². The maximum atomic E-state index is 12.6. The SMILES string of the molecule is O=C(O)/C=C/c1ccc(C(F)F)cc1CCC(=O)O. The third-order valence-corrected chi connectivity index (χ3v) is 2.43. The third-order valence-electron chi connectivity index (χ3n) is 2.43. The number of benzene rings is 1. The molecular formula is C13H12F2O4. The number of aryl methyl sites for hydroxylation is 1. The van der Waals surface area contributed by atoms with Gasteiger partial charge in [-0.1, -0.05) is 12.1 Å². The summed E-state index contributed by atoms with van der Waals surface area (Å²) in [7, 11) is 0. The van der Waals surface area contributed by atoms with E-state index < -0.39 is 18.4 Å². The summed E-state index contributed by atoms with van der Waals surface area (Å²) < 4.78 is 25.1. The smallest absolute Gasteiger partial charge is 0.328 e. The van der Waals surface area contributed by atoms with Crippen molar-refractivity contribution in [3.63, 3.8) is 0 Å². The number of rotatable bonds is 6. The van der Waals surface area contributed by atoms with Crippen LogP contribution in [0.5, 0.6) is 0 Å². The van der Waals surface area contributed by atoms with Crippen LogP contribution in [0.2, 0.25) is 0 Å². The Kier molecular flexibility index (Phi) is 5.17. The molecule has 0 unspecified atom stereocenters. The van der Waals surface area contributed by atoms with Crippen molar-refractivity contribution < 1.29 is 28.6 Å². The molecule has 0 aromatic heterocycles. The van der Waals surface area contributed by atoms with Crippen molar-refractivity contribution >= 4 is 18.0 Å². The monoisotopic (exact) mass is 270 g/mol. The van der Waals surface area contributed by atoms with Gasteiger partial charge in [0.1, 0.15) is 0 Å². The van der Waals surface area contributed by atoms with E-state index in [0.29, 0.717) is 11.1 Å². The molecule has 1 aromatic carbocycles. The van der Waals surface area contributed by atoms with E-state index in [1.54, 1.807) is 0 Å². The molecule has 0 radical (unpaired) electrons. The standard InChI is InChI=1S/C13H12F2O4/c14-13(15)10-2-1-8(3-5-11(16)17)9(7-10)4-6-12(18)19/h1-3,5,7,13H,4,6H2,(H,16,17)(H,18,19)/b5-3+. The molecule has 19 heavy (non-hydrogen) atoms. The maximum Gasteiger partial charge on any atom is 0.328 e. The minimum absolute atomic E-state index is 0.0647. The summed E-state index contributed by atoms with van der Waals surface area (Å²) in [4.78, 5) is 20.9. The van der Waals surface area contributed by atoms with Crippen molar-refractivity contribution in [1.82, 2.24) is 0 Å². The molecule has 1 rings (SSSR count). The van der Waals surface area contributed by atoms with Gasteiger partial charge in [0.2, 0.25) is 0 Å². The first-order valence-electron chi connectivity index (χ1n) is 5.44. The predicted octanol–water partition coefficient (Wildman–Crippen LogP) is 2.74. The summed E-state index contributed by atoms with van der Waals surface area (Å²) in [5, 5.41) is 17.1. The van der Waals surface area contributed by atoms with Crippen molar-refractivity contribution in [2.24, 2.45) is 0 Å². The summed E-state index contributed by atoms with van der Waals surface area (Å²) in [6.07, 6.45) is -0.660. The van der Waals surface area contributed by atoms with E-state index in [1.807, 2.05) is 0 Å². The van der Waals surface area contributed by atoms with Crippen molar-refractivity contribution in [1.29, 1.82) is 0 Å². The van der Waals surface area contributed by atoms with E-state index in [1.165, 1.54) is 24.3 Å². The molecule has 0 bridgehead atoms. The van der Waals surface area contributed by atoms with Crippen LogP contribution in [-0.2, 0) is 16.0 Å². The molecule has 6 heteroatoms. The van der Waals surface area contributed by atoms with Crippen molar-refractivity contribution in [3.05, 3.63) is 41.0 Å². The Morgan fingerprint density at radius 2 is 1.95 bits per heavy atom. The number of hydrogen-bond acceptors (Lipinski definition) is 2. The number of hydrogen-bond donors (Lipinski definition) is 2. The quantitative estimate of drug-likeness (QED) is 0.779. The highest BCUT2D eigenvalue weighted by atomic mass is 19.3. The highest BCUT2D eigenvalue weighted by molar-refractivity contribution is 5.85. The summed E-state index contributed by atoms with van der Waals surface area (Å²) in [6.45, 7) is 0. The molecule has 0 spiro atoms. The fraction of sp³-hybridized carbons (Fsp3) is 0.231. The van der Waals surface area contributed by atoms with Crippen LogP contribution < -0.4 is 0 Å². The highest BCUT2D eigenvalue weighted by Gasteiger charge is 2.11. The molecule has 0 aliphatic carbocycles. The minimum atomic E-state index is -2.65. The molecular weight excluding hydrogens is 258 g/mol. The lowest BCUT2D eigenvalue weighted by Crippen LogP contribution is -2.00. The second-order valence-corrected chi connectivity index (χ2v) is 3.82. The van der Waals surface area contributed by atoms with Crippen molar-refractivity contribution in [2.45, 2.75) is 19.3 Å². The van der Waals surface area contributed by atoms with E-state index >= 15 is 0 Å². The molecule has 4 nitrogen and oxygen atoms in total. The molecule has 102 valence electrons. The molecule has 0 atom stereocenters. The van der Waals surface area contributed by atoms with Gasteiger partial charge >= 0.3 is 11.9 Å². The van der Waals surface area contributed by atoms with Gasteiger partial charge in [-0.3, -0.25) is 4.79 Å². The van der Waals surface area contributed by atoms with Gasteiger partial charge in [-0.2, -0.15) is 0 Å². The topological polar surface area (TPSA) is 74.6 Å². The number of halogens is 2. The number of carboxylic acid groups (broad SMARTS) is 2. The Morgan fingerprint density at radius 1 is 1.26 bits per heavy atom. The zero-order valence-corrected chi connectivity index (χ0v) is 9.85. The van der Waals surface area contributed by atoms with E-state index in [9.17, 15) is 18.4 Å². The zero-order valence-electron chi connectivity index (χ0n) is 9.85. The van der Waals surface area contributed by atoms with Crippen LogP contribution in [0.15, 0.2) is 24.3 Å². The van der Waals surface area contributed by atoms with Crippen molar-refractivity contribution in [2.75, 3.05) is 0 Å². The zero-order chi connectivity index (χ0) is 14.4. The summed E-state index contributed by atoms with van der Waals surface area (Å²) >= 11 is 0. The minimum Gasteiger partial charge on any atom is -0.481 e. The van der Waals surface area contributed by atoms with Gasteiger partial charge in [-0.05, 0) is 29.7 Å². The fourth-order valence-electron chi connectivity index (χ4n) is 1.54. The summed E-state index contributed by atoms with van der Waals surface area (Å²) in [5.41, 5.74) is 0.596. The third kappa shape index (κ3) is 4.87. The summed E-state index contributed by atoms with van der Waals surface area (Å²) in [5.74, 6) is -2.21. The Balaban J connectivity index is 3.06. The van der Waals surface area contributed by atoms with Crippen LogP contribution in [0.4, 0.5) is 8.78 Å². The van der Waals surface area contributed by atoms with Crippen LogP contribution in [0.25, 0.3) is 6.08 Å². The molecule has 0 amide bonds. The number of carbonyl (C=O) groups is 2. The molecule has 2 N–H and O–H groups in total. The molecule has 0 heterocycles. The van der Waals surface area contributed by atoms with Gasteiger partial charge < -0.3 is 10.2 Å². The summed E-state index contributed by atoms with van der Waals surface area (Å²) in [6, 6.07) is 3.75. The molecule has 0 aliphatic heterocycles.